The number of amides is 2. The normalized spacial score (nSPS) is 13.2. The molecule has 0 aromatic carbocycles. The Labute approximate surface area is 116 Å². The highest BCUT2D eigenvalue weighted by atomic mass is 19.4. The van der Waals surface area contributed by atoms with Crippen molar-refractivity contribution in [2.75, 3.05) is 20.1 Å². The maximum Gasteiger partial charge on any atom is 0.390 e. The molecule has 0 heterocycles. The van der Waals surface area contributed by atoms with Crippen molar-refractivity contribution in [2.24, 2.45) is 11.8 Å². The van der Waals surface area contributed by atoms with Crippen LogP contribution in [0.3, 0.4) is 0 Å². The van der Waals surface area contributed by atoms with Gasteiger partial charge in [0.1, 0.15) is 0 Å². The van der Waals surface area contributed by atoms with E-state index in [2.05, 4.69) is 5.32 Å². The quantitative estimate of drug-likeness (QED) is 0.758. The lowest BCUT2D eigenvalue weighted by molar-refractivity contribution is -0.142. The van der Waals surface area contributed by atoms with Crippen LogP contribution >= 0.6 is 0 Å². The van der Waals surface area contributed by atoms with Crippen molar-refractivity contribution in [2.45, 2.75) is 32.9 Å². The van der Waals surface area contributed by atoms with Crippen molar-refractivity contribution in [1.82, 2.24) is 10.2 Å². The molecule has 1 atom stereocenters. The number of carboxylic acid groups (broad SMARTS) is 1. The molecule has 5 nitrogen and oxygen atoms in total. The fourth-order valence-electron chi connectivity index (χ4n) is 1.58. The second-order valence-corrected chi connectivity index (χ2v) is 5.14. The Morgan fingerprint density at radius 3 is 2.25 bits per heavy atom. The minimum absolute atomic E-state index is 0.0945. The van der Waals surface area contributed by atoms with Gasteiger partial charge in [-0.25, -0.2) is 4.79 Å². The summed E-state index contributed by atoms with van der Waals surface area (Å²) in [6.07, 6.45) is -5.02. The first-order valence-electron chi connectivity index (χ1n) is 6.31. The molecule has 0 rings (SSSR count). The summed E-state index contributed by atoms with van der Waals surface area (Å²) in [5.41, 5.74) is 0. The Morgan fingerprint density at radius 2 is 1.85 bits per heavy atom. The predicted octanol–water partition coefficient (Wildman–Crippen LogP) is 2.33. The zero-order valence-electron chi connectivity index (χ0n) is 11.8. The number of alkyl halides is 3. The molecule has 1 unspecified atom stereocenters. The van der Waals surface area contributed by atoms with Crippen molar-refractivity contribution in [3.63, 3.8) is 0 Å². The fourth-order valence-corrected chi connectivity index (χ4v) is 1.58. The first-order chi connectivity index (χ1) is 9.03. The van der Waals surface area contributed by atoms with Gasteiger partial charge < -0.3 is 15.3 Å². The van der Waals surface area contributed by atoms with Crippen molar-refractivity contribution in [3.8, 4) is 0 Å². The van der Waals surface area contributed by atoms with Crippen LogP contribution in [0.1, 0.15) is 26.7 Å². The minimum atomic E-state index is -4.32. The van der Waals surface area contributed by atoms with Crippen LogP contribution in [0.5, 0.6) is 0 Å². The van der Waals surface area contributed by atoms with Crippen LogP contribution in [0.25, 0.3) is 0 Å². The van der Waals surface area contributed by atoms with E-state index in [-0.39, 0.29) is 12.5 Å². The second kappa shape index (κ2) is 7.96. The number of hydrogen-bond donors (Lipinski definition) is 2. The fraction of sp³-hybridized carbons (Fsp3) is 0.833. The summed E-state index contributed by atoms with van der Waals surface area (Å²) in [4.78, 5) is 23.4. The molecule has 0 bridgehead atoms. The predicted molar refractivity (Wildman–Crippen MR) is 67.3 cm³/mol. The van der Waals surface area contributed by atoms with Gasteiger partial charge in [0.25, 0.3) is 0 Å². The molecular formula is C12H21F3N2O3. The lowest BCUT2D eigenvalue weighted by Crippen LogP contribution is -2.42. The SMILES string of the molecule is CC(C)CC(CNC(=O)N(C)CCC(F)(F)F)C(=O)O. The Kier molecular flexibility index (Phi) is 7.38. The zero-order chi connectivity index (χ0) is 15.9. The summed E-state index contributed by atoms with van der Waals surface area (Å²) < 4.78 is 36.0. The molecule has 20 heavy (non-hydrogen) atoms. The topological polar surface area (TPSA) is 69.6 Å². The third kappa shape index (κ3) is 8.60. The van der Waals surface area contributed by atoms with Gasteiger partial charge in [-0.05, 0) is 12.3 Å². The highest BCUT2D eigenvalue weighted by Crippen LogP contribution is 2.19. The molecule has 0 saturated heterocycles. The van der Waals surface area contributed by atoms with E-state index in [9.17, 15) is 22.8 Å². The van der Waals surface area contributed by atoms with E-state index in [1.54, 1.807) is 0 Å². The minimum Gasteiger partial charge on any atom is -0.481 e. The van der Waals surface area contributed by atoms with Gasteiger partial charge in [0, 0.05) is 20.1 Å². The lowest BCUT2D eigenvalue weighted by Gasteiger charge is -2.21. The van der Waals surface area contributed by atoms with Gasteiger partial charge in [-0.3, -0.25) is 4.79 Å². The first kappa shape index (κ1) is 18.5. The van der Waals surface area contributed by atoms with Gasteiger partial charge in [0.05, 0.1) is 12.3 Å². The van der Waals surface area contributed by atoms with Crippen LogP contribution < -0.4 is 5.32 Å². The second-order valence-electron chi connectivity index (χ2n) is 5.14. The molecule has 0 fully saturated rings. The molecule has 2 amide bonds. The third-order valence-corrected chi connectivity index (χ3v) is 2.68. The van der Waals surface area contributed by atoms with Gasteiger partial charge in [0.2, 0.25) is 0 Å². The highest BCUT2D eigenvalue weighted by molar-refractivity contribution is 5.75. The molecule has 8 heteroatoms. The van der Waals surface area contributed by atoms with E-state index in [4.69, 9.17) is 5.11 Å². The van der Waals surface area contributed by atoms with E-state index in [0.717, 1.165) is 4.90 Å². The molecule has 0 aliphatic heterocycles. The molecule has 0 saturated carbocycles. The van der Waals surface area contributed by atoms with Gasteiger partial charge in [-0.1, -0.05) is 13.8 Å². The van der Waals surface area contributed by atoms with E-state index < -0.39 is 37.1 Å². The summed E-state index contributed by atoms with van der Waals surface area (Å²) in [7, 11) is 1.24. The Balaban J connectivity index is 4.21. The number of aliphatic carboxylic acids is 1. The molecule has 0 aromatic rings. The number of carbonyl (C=O) groups is 2. The largest absolute Gasteiger partial charge is 0.481 e. The highest BCUT2D eigenvalue weighted by Gasteiger charge is 2.28. The van der Waals surface area contributed by atoms with Crippen molar-refractivity contribution in [1.29, 1.82) is 0 Å². The van der Waals surface area contributed by atoms with Crippen molar-refractivity contribution >= 4 is 12.0 Å². The van der Waals surface area contributed by atoms with Crippen LogP contribution in [-0.2, 0) is 4.79 Å². The maximum absolute atomic E-state index is 12.0. The summed E-state index contributed by atoms with van der Waals surface area (Å²) >= 11 is 0. The third-order valence-electron chi connectivity index (χ3n) is 2.68. The van der Waals surface area contributed by atoms with E-state index in [0.29, 0.717) is 6.42 Å². The number of nitrogens with one attached hydrogen (secondary N) is 1. The van der Waals surface area contributed by atoms with Crippen molar-refractivity contribution in [3.05, 3.63) is 0 Å². The zero-order valence-corrected chi connectivity index (χ0v) is 11.8. The van der Waals surface area contributed by atoms with E-state index in [1.165, 1.54) is 7.05 Å². The summed E-state index contributed by atoms with van der Waals surface area (Å²) in [6, 6.07) is -0.704. The number of carbonyl (C=O) groups excluding carboxylic acids is 1. The van der Waals surface area contributed by atoms with Crippen LogP contribution in [0.4, 0.5) is 18.0 Å². The molecule has 0 radical (unpaired) electrons. The van der Waals surface area contributed by atoms with E-state index >= 15 is 0 Å². The summed E-state index contributed by atoms with van der Waals surface area (Å²) in [6.45, 7) is 3.15. The number of urea groups is 1. The average molecular weight is 298 g/mol. The number of halogens is 3. The number of carboxylic acids is 1. The summed E-state index contributed by atoms with van der Waals surface area (Å²) in [5.74, 6) is -1.62. The Bertz CT molecular complexity index is 332. The summed E-state index contributed by atoms with van der Waals surface area (Å²) in [5, 5.41) is 11.3. The van der Waals surface area contributed by atoms with Crippen molar-refractivity contribution < 1.29 is 27.9 Å². The van der Waals surface area contributed by atoms with Gasteiger partial charge >= 0.3 is 18.2 Å². The Hall–Kier alpha value is -1.47. The first-order valence-corrected chi connectivity index (χ1v) is 6.31. The van der Waals surface area contributed by atoms with Gasteiger partial charge in [-0.2, -0.15) is 13.2 Å². The van der Waals surface area contributed by atoms with E-state index in [1.807, 2.05) is 13.8 Å². The maximum atomic E-state index is 12.0. The molecule has 0 spiro atoms. The molecule has 0 aliphatic carbocycles. The van der Waals surface area contributed by atoms with Crippen LogP contribution in [-0.4, -0.2) is 48.3 Å². The monoisotopic (exact) mass is 298 g/mol. The van der Waals surface area contributed by atoms with Crippen LogP contribution in [0, 0.1) is 11.8 Å². The Morgan fingerprint density at radius 1 is 1.30 bits per heavy atom. The van der Waals surface area contributed by atoms with Crippen LogP contribution in [0.15, 0.2) is 0 Å². The molecular weight excluding hydrogens is 277 g/mol. The number of nitrogens with zero attached hydrogens (tertiary/aromatic N) is 1. The smallest absolute Gasteiger partial charge is 0.390 e. The molecule has 0 aliphatic rings. The lowest BCUT2D eigenvalue weighted by atomic mass is 9.97. The average Bonchev–Trinajstić information content (AvgIpc) is 2.29. The molecule has 118 valence electrons. The molecule has 0 aromatic heterocycles. The van der Waals surface area contributed by atoms with Crippen LogP contribution in [0.2, 0.25) is 0 Å². The van der Waals surface area contributed by atoms with Gasteiger partial charge in [-0.15, -0.1) is 0 Å². The standard InChI is InChI=1S/C12H21F3N2O3/c1-8(2)6-9(10(18)19)7-16-11(20)17(3)5-4-12(13,14)15/h8-9H,4-7H2,1-3H3,(H,16,20)(H,18,19). The number of hydrogen-bond acceptors (Lipinski definition) is 2. The van der Waals surface area contributed by atoms with Gasteiger partial charge in [0.15, 0.2) is 0 Å². The number of rotatable bonds is 7. The molecule has 2 N–H and O–H groups in total.